The molecule has 21 heavy (non-hydrogen) atoms. The van der Waals surface area contributed by atoms with Gasteiger partial charge in [0.25, 0.3) is 0 Å². The molecule has 2 saturated heterocycles. The number of nitrogens with zero attached hydrogens (tertiary/aromatic N) is 1. The van der Waals surface area contributed by atoms with Crippen LogP contribution < -0.4 is 5.32 Å². The van der Waals surface area contributed by atoms with E-state index >= 15 is 0 Å². The van der Waals surface area contributed by atoms with E-state index in [0.29, 0.717) is 6.04 Å². The van der Waals surface area contributed by atoms with Crippen molar-refractivity contribution >= 4 is 17.7 Å². The van der Waals surface area contributed by atoms with Gasteiger partial charge in [-0.15, -0.1) is 0 Å². The van der Waals surface area contributed by atoms with Gasteiger partial charge in [0.1, 0.15) is 6.17 Å². The first kappa shape index (κ1) is 14.9. The van der Waals surface area contributed by atoms with E-state index in [1.54, 1.807) is 0 Å². The lowest BCUT2D eigenvalue weighted by atomic mass is 10.0. The maximum Gasteiger partial charge on any atom is 0.241 e. The minimum atomic E-state index is -0.0809. The molecule has 3 rings (SSSR count). The van der Waals surface area contributed by atoms with E-state index < -0.39 is 0 Å². The van der Waals surface area contributed by atoms with Gasteiger partial charge in [-0.3, -0.25) is 10.1 Å². The van der Waals surface area contributed by atoms with Crippen molar-refractivity contribution in [2.45, 2.75) is 51.9 Å². The molecule has 0 radical (unpaired) electrons. The zero-order chi connectivity index (χ0) is 15.0. The summed E-state index contributed by atoms with van der Waals surface area (Å²) in [7, 11) is 0. The van der Waals surface area contributed by atoms with E-state index in [0.717, 1.165) is 12.2 Å². The first-order valence-corrected chi connectivity index (χ1v) is 8.96. The van der Waals surface area contributed by atoms with Crippen molar-refractivity contribution in [3.8, 4) is 0 Å². The Kier molecular flexibility index (Phi) is 4.27. The first-order valence-electron chi connectivity index (χ1n) is 7.81. The van der Waals surface area contributed by atoms with Gasteiger partial charge < -0.3 is 4.90 Å². The van der Waals surface area contributed by atoms with Gasteiger partial charge in [-0.25, -0.2) is 0 Å². The van der Waals surface area contributed by atoms with Crippen molar-refractivity contribution in [1.82, 2.24) is 10.2 Å². The molecule has 2 aliphatic rings. The van der Waals surface area contributed by atoms with Crippen LogP contribution in [0.1, 0.15) is 42.6 Å². The number of carbonyl (C=O) groups is 1. The van der Waals surface area contributed by atoms with Gasteiger partial charge in [-0.05, 0) is 50.5 Å². The number of benzene rings is 1. The van der Waals surface area contributed by atoms with Gasteiger partial charge in [-0.2, -0.15) is 11.8 Å². The molecule has 1 amide bonds. The third-order valence-corrected chi connectivity index (χ3v) is 5.76. The Morgan fingerprint density at radius 1 is 1.33 bits per heavy atom. The van der Waals surface area contributed by atoms with Gasteiger partial charge in [0.05, 0.1) is 6.04 Å². The van der Waals surface area contributed by atoms with E-state index in [1.807, 2.05) is 18.7 Å². The van der Waals surface area contributed by atoms with Crippen LogP contribution in [-0.4, -0.2) is 34.4 Å². The van der Waals surface area contributed by atoms with Crippen LogP contribution in [0.3, 0.4) is 0 Å². The Morgan fingerprint density at radius 3 is 2.81 bits per heavy atom. The molecule has 2 heterocycles. The molecule has 0 saturated carbocycles. The van der Waals surface area contributed by atoms with Gasteiger partial charge in [0.2, 0.25) is 5.91 Å². The number of carbonyl (C=O) groups excluding carboxylic acids is 1. The molecule has 0 aliphatic carbocycles. The molecule has 0 bridgehead atoms. The first-order chi connectivity index (χ1) is 10.1. The van der Waals surface area contributed by atoms with Crippen LogP contribution in [0.4, 0.5) is 0 Å². The molecule has 1 aromatic rings. The number of aryl methyl sites for hydroxylation is 2. The highest BCUT2D eigenvalue weighted by Crippen LogP contribution is 2.34. The molecule has 3 atom stereocenters. The number of thioether (sulfide) groups is 1. The maximum atomic E-state index is 12.6. The van der Waals surface area contributed by atoms with Crippen LogP contribution in [-0.2, 0) is 4.79 Å². The lowest BCUT2D eigenvalue weighted by Gasteiger charge is -2.35. The van der Waals surface area contributed by atoms with Crippen LogP contribution in [0.15, 0.2) is 18.2 Å². The smallest absolute Gasteiger partial charge is 0.241 e. The van der Waals surface area contributed by atoms with Gasteiger partial charge >= 0.3 is 0 Å². The molecule has 2 fully saturated rings. The highest BCUT2D eigenvalue weighted by molar-refractivity contribution is 7.99. The summed E-state index contributed by atoms with van der Waals surface area (Å²) >= 11 is 1.98. The monoisotopic (exact) mass is 304 g/mol. The molecular weight excluding hydrogens is 280 g/mol. The van der Waals surface area contributed by atoms with E-state index in [-0.39, 0.29) is 18.1 Å². The fraction of sp³-hybridized carbons (Fsp3) is 0.588. The van der Waals surface area contributed by atoms with E-state index in [2.05, 4.69) is 42.3 Å². The molecule has 0 aromatic heterocycles. The zero-order valence-corrected chi connectivity index (χ0v) is 13.9. The zero-order valence-electron chi connectivity index (χ0n) is 13.1. The number of hydrogen-bond donors (Lipinski definition) is 1. The standard InChI is InChI=1S/C17H24N2OS/c1-11-6-7-15(12(2)9-11)16-18-13(3)17(20)19(16)14-5-4-8-21-10-14/h6-7,9,13-14,16,18H,4-5,8,10H2,1-3H3. The average Bonchev–Trinajstić information content (AvgIpc) is 2.75. The summed E-state index contributed by atoms with van der Waals surface area (Å²) in [5.74, 6) is 2.56. The van der Waals surface area contributed by atoms with E-state index in [4.69, 9.17) is 0 Å². The second-order valence-corrected chi connectivity index (χ2v) is 7.42. The molecule has 0 spiro atoms. The SMILES string of the molecule is Cc1ccc(C2NC(C)C(=O)N2C2CCCSC2)c(C)c1. The van der Waals surface area contributed by atoms with Crippen LogP contribution in [0.5, 0.6) is 0 Å². The Bertz CT molecular complexity index is 540. The van der Waals surface area contributed by atoms with Gasteiger partial charge in [0, 0.05) is 11.8 Å². The van der Waals surface area contributed by atoms with Crippen molar-refractivity contribution < 1.29 is 4.79 Å². The van der Waals surface area contributed by atoms with Crippen LogP contribution in [0.25, 0.3) is 0 Å². The lowest BCUT2D eigenvalue weighted by Crippen LogP contribution is -2.43. The summed E-state index contributed by atoms with van der Waals surface area (Å²) in [4.78, 5) is 14.7. The predicted octanol–water partition coefficient (Wildman–Crippen LogP) is 3.02. The van der Waals surface area contributed by atoms with Crippen LogP contribution in [0, 0.1) is 13.8 Å². The summed E-state index contributed by atoms with van der Waals surface area (Å²) in [6.07, 6.45) is 2.39. The number of nitrogens with one attached hydrogen (secondary N) is 1. The van der Waals surface area contributed by atoms with E-state index in [1.165, 1.54) is 28.9 Å². The second kappa shape index (κ2) is 6.01. The molecular formula is C17H24N2OS. The molecule has 4 heteroatoms. The highest BCUT2D eigenvalue weighted by Gasteiger charge is 2.41. The fourth-order valence-electron chi connectivity index (χ4n) is 3.45. The third kappa shape index (κ3) is 2.84. The highest BCUT2D eigenvalue weighted by atomic mass is 32.2. The molecule has 1 N–H and O–H groups in total. The largest absolute Gasteiger partial charge is 0.318 e. The molecule has 2 aliphatic heterocycles. The number of rotatable bonds is 2. The Hall–Kier alpha value is -1.00. The predicted molar refractivity (Wildman–Crippen MR) is 88.4 cm³/mol. The normalized spacial score (nSPS) is 30.0. The fourth-order valence-corrected chi connectivity index (χ4v) is 4.58. The summed E-state index contributed by atoms with van der Waals surface area (Å²) in [6.45, 7) is 6.24. The molecule has 3 nitrogen and oxygen atoms in total. The summed E-state index contributed by atoms with van der Waals surface area (Å²) in [6, 6.07) is 6.82. The summed E-state index contributed by atoms with van der Waals surface area (Å²) < 4.78 is 0. The van der Waals surface area contributed by atoms with Crippen molar-refractivity contribution in [1.29, 1.82) is 0 Å². The Labute approximate surface area is 131 Å². The lowest BCUT2D eigenvalue weighted by molar-refractivity contribution is -0.131. The van der Waals surface area contributed by atoms with Crippen molar-refractivity contribution in [2.75, 3.05) is 11.5 Å². The van der Waals surface area contributed by atoms with Gasteiger partial charge in [0.15, 0.2) is 0 Å². The summed E-state index contributed by atoms with van der Waals surface area (Å²) in [5.41, 5.74) is 3.78. The second-order valence-electron chi connectivity index (χ2n) is 6.27. The van der Waals surface area contributed by atoms with Crippen molar-refractivity contribution in [3.63, 3.8) is 0 Å². The maximum absolute atomic E-state index is 12.6. The molecule has 1 aromatic carbocycles. The van der Waals surface area contributed by atoms with Gasteiger partial charge in [-0.1, -0.05) is 23.8 Å². The topological polar surface area (TPSA) is 32.3 Å². The van der Waals surface area contributed by atoms with Crippen LogP contribution >= 0.6 is 11.8 Å². The van der Waals surface area contributed by atoms with Crippen molar-refractivity contribution in [3.05, 3.63) is 34.9 Å². The Balaban J connectivity index is 1.92. The summed E-state index contributed by atoms with van der Waals surface area (Å²) in [5, 5.41) is 3.49. The Morgan fingerprint density at radius 2 is 2.14 bits per heavy atom. The minimum Gasteiger partial charge on any atom is -0.318 e. The van der Waals surface area contributed by atoms with Crippen molar-refractivity contribution in [2.24, 2.45) is 0 Å². The van der Waals surface area contributed by atoms with E-state index in [9.17, 15) is 4.79 Å². The van der Waals surface area contributed by atoms with Crippen LogP contribution in [0.2, 0.25) is 0 Å². The molecule has 3 unspecified atom stereocenters. The molecule has 114 valence electrons. The number of amides is 1. The third-order valence-electron chi connectivity index (χ3n) is 4.56. The quantitative estimate of drug-likeness (QED) is 0.911. The average molecular weight is 304 g/mol. The minimum absolute atomic E-state index is 0.0387. The number of hydrogen-bond acceptors (Lipinski definition) is 3.